The van der Waals surface area contributed by atoms with Crippen LogP contribution in [0, 0.1) is 0 Å². The Bertz CT molecular complexity index is 849. The summed E-state index contributed by atoms with van der Waals surface area (Å²) in [5.74, 6) is 1.23. The number of methoxy groups -OCH3 is 2. The summed E-state index contributed by atoms with van der Waals surface area (Å²) in [5.41, 5.74) is 0.902. The Kier molecular flexibility index (Phi) is 7.58. The summed E-state index contributed by atoms with van der Waals surface area (Å²) in [7, 11) is 3.24. The average molecular weight is 434 g/mol. The van der Waals surface area contributed by atoms with Crippen molar-refractivity contribution in [2.75, 3.05) is 39.4 Å². The highest BCUT2D eigenvalue weighted by molar-refractivity contribution is 6.32. The van der Waals surface area contributed by atoms with Gasteiger partial charge in [0.1, 0.15) is 17.6 Å². The van der Waals surface area contributed by atoms with Gasteiger partial charge < -0.3 is 24.3 Å². The number of carbonyl (C=O) groups is 1. The molecule has 7 heteroatoms. The summed E-state index contributed by atoms with van der Waals surface area (Å²) in [4.78, 5) is 13.4. The number of benzene rings is 2. The summed E-state index contributed by atoms with van der Waals surface area (Å²) in [6.45, 7) is 3.43. The van der Waals surface area contributed by atoms with Crippen LogP contribution in [0.4, 0.5) is 5.69 Å². The molecule has 0 aliphatic carbocycles. The summed E-state index contributed by atoms with van der Waals surface area (Å²) >= 11 is 6.38. The van der Waals surface area contributed by atoms with Gasteiger partial charge in [-0.15, -0.1) is 0 Å². The first kappa shape index (κ1) is 22.4. The number of ether oxygens (including phenoxy) is 4. The molecule has 6 nitrogen and oxygen atoms in total. The van der Waals surface area contributed by atoms with Gasteiger partial charge in [0.15, 0.2) is 0 Å². The number of hydrogen-bond donors (Lipinski definition) is 1. The molecule has 0 aromatic heterocycles. The lowest BCUT2D eigenvalue weighted by Gasteiger charge is -2.36. The molecule has 1 atom stereocenters. The summed E-state index contributed by atoms with van der Waals surface area (Å²) in [6.07, 6.45) is 1.08. The highest BCUT2D eigenvalue weighted by Crippen LogP contribution is 2.37. The maximum Gasteiger partial charge on any atom is 0.235 e. The molecule has 2 aromatic rings. The number of amides is 1. The van der Waals surface area contributed by atoms with Crippen molar-refractivity contribution in [3.05, 3.63) is 53.1 Å². The fraction of sp³-hybridized carbons (Fsp3) is 0.435. The number of hydrogen-bond acceptors (Lipinski definition) is 5. The van der Waals surface area contributed by atoms with Gasteiger partial charge in [-0.25, -0.2) is 0 Å². The third kappa shape index (κ3) is 5.06. The second-order valence-electron chi connectivity index (χ2n) is 7.41. The van der Waals surface area contributed by atoms with Crippen molar-refractivity contribution in [3.8, 4) is 11.5 Å². The van der Waals surface area contributed by atoms with Gasteiger partial charge in [0.05, 0.1) is 24.2 Å². The van der Waals surface area contributed by atoms with Crippen LogP contribution in [0.1, 0.15) is 25.3 Å². The lowest BCUT2D eigenvalue weighted by molar-refractivity contribution is -0.125. The number of halogens is 1. The Hall–Kier alpha value is -2.28. The van der Waals surface area contributed by atoms with Crippen molar-refractivity contribution in [2.45, 2.75) is 31.3 Å². The van der Waals surface area contributed by atoms with Gasteiger partial charge in [-0.1, -0.05) is 23.7 Å². The molecule has 0 bridgehead atoms. The molecule has 162 valence electrons. The molecule has 1 aliphatic heterocycles. The molecule has 30 heavy (non-hydrogen) atoms. The van der Waals surface area contributed by atoms with Gasteiger partial charge >= 0.3 is 0 Å². The van der Waals surface area contributed by atoms with Crippen LogP contribution in [0.3, 0.4) is 0 Å². The van der Waals surface area contributed by atoms with E-state index in [-0.39, 0.29) is 12.0 Å². The first-order valence-electron chi connectivity index (χ1n) is 9.97. The Morgan fingerprint density at radius 2 is 1.87 bits per heavy atom. The quantitative estimate of drug-likeness (QED) is 0.666. The van der Waals surface area contributed by atoms with Gasteiger partial charge in [-0.2, -0.15) is 0 Å². The zero-order valence-corrected chi connectivity index (χ0v) is 18.3. The molecular weight excluding hydrogens is 406 g/mol. The molecule has 1 fully saturated rings. The van der Waals surface area contributed by atoms with Crippen LogP contribution in [0.2, 0.25) is 5.02 Å². The highest BCUT2D eigenvalue weighted by Gasteiger charge is 2.41. The second kappa shape index (κ2) is 10.2. The molecule has 3 rings (SSSR count). The molecule has 0 radical (unpaired) electrons. The maximum atomic E-state index is 13.4. The Labute approximate surface area is 182 Å². The molecule has 1 saturated heterocycles. The number of nitrogens with one attached hydrogen (secondary N) is 1. The zero-order chi connectivity index (χ0) is 21.6. The molecule has 0 unspecified atom stereocenters. The molecule has 1 heterocycles. The largest absolute Gasteiger partial charge is 0.497 e. The fourth-order valence-corrected chi connectivity index (χ4v) is 3.91. The van der Waals surface area contributed by atoms with Crippen molar-refractivity contribution in [3.63, 3.8) is 0 Å². The Morgan fingerprint density at radius 1 is 1.17 bits per heavy atom. The van der Waals surface area contributed by atoms with Gasteiger partial charge in [-0.3, -0.25) is 4.79 Å². The van der Waals surface area contributed by atoms with Crippen LogP contribution in [0.5, 0.6) is 11.5 Å². The molecule has 2 aromatic carbocycles. The summed E-state index contributed by atoms with van der Waals surface area (Å²) < 4.78 is 21.6. The highest BCUT2D eigenvalue weighted by atomic mass is 35.5. The van der Waals surface area contributed by atoms with E-state index in [1.165, 1.54) is 0 Å². The SMILES string of the molecule is COC[C@@H](C)Oc1ccc(NC(=O)C2(c3ccc(OC)cc3)CCOCC2)cc1Cl. The normalized spacial score (nSPS) is 16.5. The van der Waals surface area contributed by atoms with E-state index < -0.39 is 5.41 Å². The monoisotopic (exact) mass is 433 g/mol. The molecule has 0 saturated carbocycles. The standard InChI is InChI=1S/C23H28ClNO5/c1-16(15-27-2)30-21-9-6-18(14-20(21)24)25-22(26)23(10-12-29-13-11-23)17-4-7-19(28-3)8-5-17/h4-9,14,16H,10-13,15H2,1-3H3,(H,25,26)/t16-/m1/s1. The smallest absolute Gasteiger partial charge is 0.235 e. The predicted molar refractivity (Wildman–Crippen MR) is 117 cm³/mol. The van der Waals surface area contributed by atoms with Crippen LogP contribution < -0.4 is 14.8 Å². The van der Waals surface area contributed by atoms with Crippen LogP contribution in [-0.4, -0.2) is 46.1 Å². The number of rotatable bonds is 8. The van der Waals surface area contributed by atoms with Crippen LogP contribution in [-0.2, 0) is 19.7 Å². The molecule has 1 amide bonds. The first-order chi connectivity index (χ1) is 14.5. The van der Waals surface area contributed by atoms with E-state index >= 15 is 0 Å². The lowest BCUT2D eigenvalue weighted by Crippen LogP contribution is -2.44. The second-order valence-corrected chi connectivity index (χ2v) is 7.81. The molecule has 1 N–H and O–H groups in total. The summed E-state index contributed by atoms with van der Waals surface area (Å²) in [5, 5.41) is 3.47. The van der Waals surface area contributed by atoms with Crippen LogP contribution >= 0.6 is 11.6 Å². The van der Waals surface area contributed by atoms with Crippen molar-refractivity contribution in [2.24, 2.45) is 0 Å². The van der Waals surface area contributed by atoms with Crippen molar-refractivity contribution >= 4 is 23.2 Å². The van der Waals surface area contributed by atoms with Gasteiger partial charge in [0.25, 0.3) is 0 Å². The number of carbonyl (C=O) groups excluding carboxylic acids is 1. The predicted octanol–water partition coefficient (Wildman–Crippen LogP) is 4.45. The van der Waals surface area contributed by atoms with Crippen molar-refractivity contribution < 1.29 is 23.7 Å². The van der Waals surface area contributed by atoms with Gasteiger partial charge in [0.2, 0.25) is 5.91 Å². The van der Waals surface area contributed by atoms with Gasteiger partial charge in [0, 0.05) is 26.0 Å². The minimum absolute atomic E-state index is 0.0755. The minimum Gasteiger partial charge on any atom is -0.497 e. The topological polar surface area (TPSA) is 66.0 Å². The molecule has 0 spiro atoms. The number of anilines is 1. The van der Waals surface area contributed by atoms with E-state index in [4.69, 9.17) is 30.5 Å². The van der Waals surface area contributed by atoms with E-state index in [1.54, 1.807) is 32.4 Å². The third-order valence-corrected chi connectivity index (χ3v) is 5.64. The zero-order valence-electron chi connectivity index (χ0n) is 17.6. The van der Waals surface area contributed by atoms with E-state index in [0.717, 1.165) is 11.3 Å². The Balaban J connectivity index is 1.79. The average Bonchev–Trinajstić information content (AvgIpc) is 2.76. The summed E-state index contributed by atoms with van der Waals surface area (Å²) in [6, 6.07) is 12.9. The molecule has 1 aliphatic rings. The Morgan fingerprint density at radius 3 is 2.47 bits per heavy atom. The first-order valence-corrected chi connectivity index (χ1v) is 10.3. The van der Waals surface area contributed by atoms with E-state index in [9.17, 15) is 4.79 Å². The third-order valence-electron chi connectivity index (χ3n) is 5.34. The lowest BCUT2D eigenvalue weighted by atomic mass is 9.73. The van der Waals surface area contributed by atoms with E-state index in [1.807, 2.05) is 31.2 Å². The van der Waals surface area contributed by atoms with E-state index in [2.05, 4.69) is 5.32 Å². The van der Waals surface area contributed by atoms with Crippen LogP contribution in [0.15, 0.2) is 42.5 Å². The van der Waals surface area contributed by atoms with E-state index in [0.29, 0.717) is 49.1 Å². The minimum atomic E-state index is -0.668. The van der Waals surface area contributed by atoms with Crippen LogP contribution in [0.25, 0.3) is 0 Å². The van der Waals surface area contributed by atoms with Gasteiger partial charge in [-0.05, 0) is 55.7 Å². The maximum absolute atomic E-state index is 13.4. The molecular formula is C23H28ClNO5. The van der Waals surface area contributed by atoms with Crippen molar-refractivity contribution in [1.29, 1.82) is 0 Å². The fourth-order valence-electron chi connectivity index (χ4n) is 3.69. The van der Waals surface area contributed by atoms with Crippen molar-refractivity contribution in [1.82, 2.24) is 0 Å².